The molecule has 0 aromatic carbocycles. The minimum Gasteiger partial charge on any atom is -0.297 e. The van der Waals surface area contributed by atoms with E-state index in [1.54, 1.807) is 11.3 Å². The Balaban J connectivity index is 1.64. The minimum absolute atomic E-state index is 0.274. The summed E-state index contributed by atoms with van der Waals surface area (Å²) in [4.78, 5) is 4.53. The SMILES string of the molecule is Cc1csc(SC2CCCC(C#N)(NC3CC3)C2)n1. The number of rotatable bonds is 4. The number of nitriles is 1. The molecule has 0 saturated heterocycles. The molecule has 2 unspecified atom stereocenters. The molecule has 0 aliphatic heterocycles. The zero-order valence-corrected chi connectivity index (χ0v) is 12.8. The summed E-state index contributed by atoms with van der Waals surface area (Å²) in [5.41, 5.74) is 0.828. The maximum atomic E-state index is 9.57. The second kappa shape index (κ2) is 5.43. The molecule has 2 atom stereocenters. The van der Waals surface area contributed by atoms with Crippen molar-refractivity contribution in [1.29, 1.82) is 5.26 Å². The Morgan fingerprint density at radius 3 is 3.00 bits per heavy atom. The highest BCUT2D eigenvalue weighted by atomic mass is 32.2. The molecule has 19 heavy (non-hydrogen) atoms. The van der Waals surface area contributed by atoms with Crippen molar-refractivity contribution in [2.24, 2.45) is 0 Å². The summed E-state index contributed by atoms with van der Waals surface area (Å²) in [6.07, 6.45) is 6.81. The van der Waals surface area contributed by atoms with Gasteiger partial charge in [0.05, 0.1) is 6.07 Å². The van der Waals surface area contributed by atoms with Crippen LogP contribution in [0.15, 0.2) is 9.72 Å². The van der Waals surface area contributed by atoms with Crippen molar-refractivity contribution in [3.63, 3.8) is 0 Å². The zero-order valence-electron chi connectivity index (χ0n) is 11.2. The van der Waals surface area contributed by atoms with Gasteiger partial charge in [0.25, 0.3) is 0 Å². The number of aryl methyl sites for hydroxylation is 1. The third-order valence-corrected chi connectivity index (χ3v) is 6.20. The first-order chi connectivity index (χ1) is 9.19. The first kappa shape index (κ1) is 13.4. The first-order valence-electron chi connectivity index (χ1n) is 6.97. The van der Waals surface area contributed by atoms with Gasteiger partial charge in [0.2, 0.25) is 0 Å². The lowest BCUT2D eigenvalue weighted by atomic mass is 9.82. The molecule has 1 aromatic rings. The van der Waals surface area contributed by atoms with Gasteiger partial charge in [0.15, 0.2) is 0 Å². The van der Waals surface area contributed by atoms with E-state index in [1.807, 2.05) is 18.7 Å². The van der Waals surface area contributed by atoms with E-state index in [1.165, 1.54) is 19.3 Å². The van der Waals surface area contributed by atoms with Crippen LogP contribution in [0.5, 0.6) is 0 Å². The molecule has 0 spiro atoms. The highest BCUT2D eigenvalue weighted by molar-refractivity contribution is 8.01. The van der Waals surface area contributed by atoms with Crippen LogP contribution in [0.2, 0.25) is 0 Å². The molecular weight excluding hydrogens is 274 g/mol. The van der Waals surface area contributed by atoms with Crippen LogP contribution in [0.25, 0.3) is 0 Å². The van der Waals surface area contributed by atoms with Crippen molar-refractivity contribution in [2.45, 2.75) is 66.6 Å². The van der Waals surface area contributed by atoms with Crippen LogP contribution < -0.4 is 5.32 Å². The fraction of sp³-hybridized carbons (Fsp3) is 0.714. The van der Waals surface area contributed by atoms with E-state index < -0.39 is 0 Å². The standard InChI is InChI=1S/C14H19N3S2/c1-10-8-18-13(16-10)19-12-3-2-6-14(7-12,9-15)17-11-4-5-11/h8,11-12,17H,2-7H2,1H3. The van der Waals surface area contributed by atoms with Crippen LogP contribution in [-0.2, 0) is 0 Å². The average Bonchev–Trinajstić information content (AvgIpc) is 3.11. The lowest BCUT2D eigenvalue weighted by molar-refractivity contribution is 0.301. The van der Waals surface area contributed by atoms with Gasteiger partial charge in [0.1, 0.15) is 9.88 Å². The smallest absolute Gasteiger partial charge is 0.150 e. The normalized spacial score (nSPS) is 31.1. The van der Waals surface area contributed by atoms with Crippen LogP contribution in [-0.4, -0.2) is 21.8 Å². The van der Waals surface area contributed by atoms with Crippen LogP contribution in [0.1, 0.15) is 44.2 Å². The van der Waals surface area contributed by atoms with Crippen molar-refractivity contribution >= 4 is 23.1 Å². The van der Waals surface area contributed by atoms with E-state index in [0.717, 1.165) is 29.3 Å². The van der Waals surface area contributed by atoms with E-state index in [9.17, 15) is 5.26 Å². The van der Waals surface area contributed by atoms with Gasteiger partial charge in [0, 0.05) is 22.4 Å². The predicted molar refractivity (Wildman–Crippen MR) is 79.5 cm³/mol. The van der Waals surface area contributed by atoms with Crippen molar-refractivity contribution in [3.05, 3.63) is 11.1 Å². The molecule has 2 fully saturated rings. The van der Waals surface area contributed by atoms with E-state index in [2.05, 4.69) is 21.8 Å². The quantitative estimate of drug-likeness (QED) is 0.923. The van der Waals surface area contributed by atoms with Crippen molar-refractivity contribution in [3.8, 4) is 6.07 Å². The molecule has 1 N–H and O–H groups in total. The Labute approximate surface area is 122 Å². The molecule has 2 saturated carbocycles. The summed E-state index contributed by atoms with van der Waals surface area (Å²) in [6.45, 7) is 2.04. The molecule has 3 nitrogen and oxygen atoms in total. The fourth-order valence-corrected chi connectivity index (χ4v) is 5.17. The van der Waals surface area contributed by atoms with Crippen LogP contribution in [0.3, 0.4) is 0 Å². The highest BCUT2D eigenvalue weighted by Gasteiger charge is 2.40. The Hall–Kier alpha value is -0.570. The second-order valence-electron chi connectivity index (χ2n) is 5.70. The van der Waals surface area contributed by atoms with Gasteiger partial charge in [-0.2, -0.15) is 5.26 Å². The molecule has 0 bridgehead atoms. The van der Waals surface area contributed by atoms with Crippen molar-refractivity contribution < 1.29 is 0 Å². The highest BCUT2D eigenvalue weighted by Crippen LogP contribution is 2.40. The maximum absolute atomic E-state index is 9.57. The summed E-state index contributed by atoms with van der Waals surface area (Å²) in [5, 5.41) is 15.8. The fourth-order valence-electron chi connectivity index (χ4n) is 2.74. The Kier molecular flexibility index (Phi) is 3.84. The Morgan fingerprint density at radius 2 is 2.37 bits per heavy atom. The molecule has 3 rings (SSSR count). The Bertz CT molecular complexity index is 489. The predicted octanol–water partition coefficient (Wildman–Crippen LogP) is 3.50. The zero-order chi connectivity index (χ0) is 13.3. The summed E-state index contributed by atoms with van der Waals surface area (Å²) in [7, 11) is 0. The number of nitrogens with zero attached hydrogens (tertiary/aromatic N) is 2. The van der Waals surface area contributed by atoms with Crippen molar-refractivity contribution in [2.75, 3.05) is 0 Å². The number of hydrogen-bond donors (Lipinski definition) is 1. The van der Waals surface area contributed by atoms with Crippen molar-refractivity contribution in [1.82, 2.24) is 10.3 Å². The molecule has 1 aromatic heterocycles. The molecule has 5 heteroatoms. The van der Waals surface area contributed by atoms with Crippen LogP contribution >= 0.6 is 23.1 Å². The van der Waals surface area contributed by atoms with Gasteiger partial charge in [-0.05, 0) is 45.4 Å². The Morgan fingerprint density at radius 1 is 1.53 bits per heavy atom. The average molecular weight is 293 g/mol. The molecule has 102 valence electrons. The molecule has 0 amide bonds. The molecule has 1 heterocycles. The first-order valence-corrected chi connectivity index (χ1v) is 8.73. The summed E-state index contributed by atoms with van der Waals surface area (Å²) < 4.78 is 1.16. The third-order valence-electron chi connectivity index (χ3n) is 3.84. The van der Waals surface area contributed by atoms with E-state index >= 15 is 0 Å². The summed E-state index contributed by atoms with van der Waals surface area (Å²) in [6, 6.07) is 3.17. The van der Waals surface area contributed by atoms with E-state index in [4.69, 9.17) is 0 Å². The lowest BCUT2D eigenvalue weighted by Crippen LogP contribution is -2.49. The molecule has 2 aliphatic rings. The molecule has 2 aliphatic carbocycles. The molecular formula is C14H19N3S2. The van der Waals surface area contributed by atoms with Gasteiger partial charge in [-0.3, -0.25) is 5.32 Å². The van der Waals surface area contributed by atoms with Gasteiger partial charge in [-0.15, -0.1) is 11.3 Å². The monoisotopic (exact) mass is 293 g/mol. The minimum atomic E-state index is -0.274. The number of thioether (sulfide) groups is 1. The van der Waals surface area contributed by atoms with Gasteiger partial charge < -0.3 is 0 Å². The van der Waals surface area contributed by atoms with E-state index in [-0.39, 0.29) is 5.54 Å². The summed E-state index contributed by atoms with van der Waals surface area (Å²) in [5.74, 6) is 0. The van der Waals surface area contributed by atoms with Crippen LogP contribution in [0, 0.1) is 18.3 Å². The number of aromatic nitrogens is 1. The van der Waals surface area contributed by atoms with Gasteiger partial charge in [-0.25, -0.2) is 4.98 Å². The van der Waals surface area contributed by atoms with E-state index in [0.29, 0.717) is 11.3 Å². The van der Waals surface area contributed by atoms with Gasteiger partial charge in [-0.1, -0.05) is 11.8 Å². The lowest BCUT2D eigenvalue weighted by Gasteiger charge is -2.36. The van der Waals surface area contributed by atoms with Crippen LogP contribution in [0.4, 0.5) is 0 Å². The molecule has 0 radical (unpaired) electrons. The van der Waals surface area contributed by atoms with Gasteiger partial charge >= 0.3 is 0 Å². The third kappa shape index (κ3) is 3.31. The number of thiazole rings is 1. The largest absolute Gasteiger partial charge is 0.297 e. The maximum Gasteiger partial charge on any atom is 0.150 e. The second-order valence-corrected chi connectivity index (χ2v) is 8.11. The topological polar surface area (TPSA) is 48.7 Å². The number of nitrogens with one attached hydrogen (secondary N) is 1. The summed E-state index contributed by atoms with van der Waals surface area (Å²) >= 11 is 3.59. The number of hydrogen-bond acceptors (Lipinski definition) is 5.